The van der Waals surface area contributed by atoms with Crippen molar-refractivity contribution in [1.82, 2.24) is 4.90 Å². The summed E-state index contributed by atoms with van der Waals surface area (Å²) in [4.78, 5) is 19.5. The summed E-state index contributed by atoms with van der Waals surface area (Å²) >= 11 is 1.34. The van der Waals surface area contributed by atoms with E-state index in [1.54, 1.807) is 35.2 Å². The molecule has 2 aromatic carbocycles. The molecule has 5 heteroatoms. The number of aromatic hydroxyl groups is 1. The number of hydrogen-bond acceptors (Lipinski definition) is 4. The van der Waals surface area contributed by atoms with Crippen molar-refractivity contribution < 1.29 is 9.90 Å². The molecule has 0 bridgehead atoms. The van der Waals surface area contributed by atoms with Crippen molar-refractivity contribution in [3.8, 4) is 5.75 Å². The Labute approximate surface area is 151 Å². The van der Waals surface area contributed by atoms with Crippen molar-refractivity contribution in [1.29, 1.82) is 0 Å². The van der Waals surface area contributed by atoms with E-state index in [2.05, 4.69) is 11.6 Å². The summed E-state index contributed by atoms with van der Waals surface area (Å²) < 4.78 is 0. The summed E-state index contributed by atoms with van der Waals surface area (Å²) in [6.07, 6.45) is 3.56. The van der Waals surface area contributed by atoms with Crippen molar-refractivity contribution in [3.63, 3.8) is 0 Å². The second-order valence-electron chi connectivity index (χ2n) is 5.64. The predicted molar refractivity (Wildman–Crippen MR) is 104 cm³/mol. The zero-order chi connectivity index (χ0) is 17.8. The first-order valence-electron chi connectivity index (χ1n) is 7.83. The van der Waals surface area contributed by atoms with Gasteiger partial charge in [-0.3, -0.25) is 9.69 Å². The van der Waals surface area contributed by atoms with Crippen LogP contribution in [0.5, 0.6) is 5.75 Å². The van der Waals surface area contributed by atoms with Crippen LogP contribution in [-0.4, -0.2) is 27.6 Å². The number of benzene rings is 2. The number of hydrogen-bond donors (Lipinski definition) is 1. The van der Waals surface area contributed by atoms with E-state index in [1.165, 1.54) is 17.3 Å². The molecule has 1 heterocycles. The summed E-state index contributed by atoms with van der Waals surface area (Å²) in [7, 11) is 0. The molecule has 1 fully saturated rings. The summed E-state index contributed by atoms with van der Waals surface area (Å²) in [5.41, 5.74) is 2.83. The van der Waals surface area contributed by atoms with E-state index >= 15 is 0 Å². The van der Waals surface area contributed by atoms with Gasteiger partial charge in [0, 0.05) is 6.54 Å². The van der Waals surface area contributed by atoms with Crippen molar-refractivity contribution in [2.24, 2.45) is 4.99 Å². The quantitative estimate of drug-likeness (QED) is 0.653. The average molecular weight is 350 g/mol. The molecule has 0 atom stereocenters. The van der Waals surface area contributed by atoms with E-state index in [4.69, 9.17) is 0 Å². The summed E-state index contributed by atoms with van der Waals surface area (Å²) in [5.74, 6) is 0.102. The number of amides is 1. The molecule has 126 valence electrons. The van der Waals surface area contributed by atoms with E-state index in [-0.39, 0.29) is 11.7 Å². The lowest BCUT2D eigenvalue weighted by Crippen LogP contribution is -2.29. The maximum atomic E-state index is 12.7. The molecule has 1 N–H and O–H groups in total. The van der Waals surface area contributed by atoms with Crippen LogP contribution in [0.4, 0.5) is 5.69 Å². The van der Waals surface area contributed by atoms with Crippen LogP contribution in [0.3, 0.4) is 0 Å². The number of nitrogens with zero attached hydrogens (tertiary/aromatic N) is 2. The highest BCUT2D eigenvalue weighted by atomic mass is 32.2. The molecule has 3 rings (SSSR count). The number of aliphatic imine (C=N–C) groups is 1. The van der Waals surface area contributed by atoms with Gasteiger partial charge in [-0.05, 0) is 54.6 Å². The smallest absolute Gasteiger partial charge is 0.267 e. The Balaban J connectivity index is 1.93. The Morgan fingerprint density at radius 1 is 1.16 bits per heavy atom. The number of amidine groups is 1. The molecule has 1 aliphatic heterocycles. The Hall–Kier alpha value is -2.79. The molecule has 0 aromatic heterocycles. The first-order chi connectivity index (χ1) is 12.1. The molecule has 1 saturated heterocycles. The Morgan fingerprint density at radius 2 is 1.84 bits per heavy atom. The molecule has 0 unspecified atom stereocenters. The standard InChI is InChI=1S/C20H18N2O2S/c1-3-12-22-19(24)18(13-15-6-4-14(2)5-7-15)25-20(22)21-16-8-10-17(23)11-9-16/h3-11,13,23H,1,12H2,2H3/b18-13-,21-20?. The lowest BCUT2D eigenvalue weighted by Gasteiger charge is -2.12. The molecule has 0 saturated carbocycles. The molecule has 1 aliphatic rings. The van der Waals surface area contributed by atoms with Gasteiger partial charge in [0.1, 0.15) is 5.75 Å². The van der Waals surface area contributed by atoms with E-state index in [0.29, 0.717) is 22.3 Å². The van der Waals surface area contributed by atoms with Crippen LogP contribution in [-0.2, 0) is 4.79 Å². The van der Waals surface area contributed by atoms with Crippen LogP contribution >= 0.6 is 11.8 Å². The van der Waals surface area contributed by atoms with Gasteiger partial charge in [0.15, 0.2) is 5.17 Å². The molecular formula is C20H18N2O2S. The zero-order valence-corrected chi connectivity index (χ0v) is 14.7. The van der Waals surface area contributed by atoms with Crippen molar-refractivity contribution in [2.75, 3.05) is 6.54 Å². The Morgan fingerprint density at radius 3 is 2.48 bits per heavy atom. The molecule has 0 spiro atoms. The lowest BCUT2D eigenvalue weighted by atomic mass is 10.1. The van der Waals surface area contributed by atoms with Crippen molar-refractivity contribution >= 4 is 34.6 Å². The van der Waals surface area contributed by atoms with Gasteiger partial charge in [-0.15, -0.1) is 6.58 Å². The fraction of sp³-hybridized carbons (Fsp3) is 0.100. The van der Waals surface area contributed by atoms with E-state index < -0.39 is 0 Å². The number of thioether (sulfide) groups is 1. The lowest BCUT2D eigenvalue weighted by molar-refractivity contribution is -0.121. The highest BCUT2D eigenvalue weighted by molar-refractivity contribution is 8.18. The molecule has 0 aliphatic carbocycles. The Bertz CT molecular complexity index is 852. The van der Waals surface area contributed by atoms with Gasteiger partial charge in [0.05, 0.1) is 10.6 Å². The van der Waals surface area contributed by atoms with Crippen LogP contribution in [0, 0.1) is 6.92 Å². The summed E-state index contributed by atoms with van der Waals surface area (Å²) in [6, 6.07) is 14.6. The predicted octanol–water partition coefficient (Wildman–Crippen LogP) is 4.49. The van der Waals surface area contributed by atoms with Crippen LogP contribution < -0.4 is 0 Å². The summed E-state index contributed by atoms with van der Waals surface area (Å²) in [5, 5.41) is 9.99. The minimum atomic E-state index is -0.0806. The van der Waals surface area contributed by atoms with E-state index in [1.807, 2.05) is 37.3 Å². The van der Waals surface area contributed by atoms with Gasteiger partial charge >= 0.3 is 0 Å². The molecule has 25 heavy (non-hydrogen) atoms. The van der Waals surface area contributed by atoms with Gasteiger partial charge in [0.2, 0.25) is 0 Å². The number of phenols is 1. The largest absolute Gasteiger partial charge is 0.508 e. The molecule has 4 nitrogen and oxygen atoms in total. The van der Waals surface area contributed by atoms with Gasteiger partial charge < -0.3 is 5.11 Å². The second-order valence-corrected chi connectivity index (χ2v) is 6.65. The van der Waals surface area contributed by atoms with Gasteiger partial charge in [-0.25, -0.2) is 4.99 Å². The molecular weight excluding hydrogens is 332 g/mol. The third kappa shape index (κ3) is 4.00. The third-order valence-electron chi connectivity index (χ3n) is 3.65. The average Bonchev–Trinajstić information content (AvgIpc) is 2.88. The van der Waals surface area contributed by atoms with Crippen LogP contribution in [0.2, 0.25) is 0 Å². The first kappa shape index (κ1) is 17.0. The van der Waals surface area contributed by atoms with Crippen molar-refractivity contribution in [3.05, 3.63) is 77.2 Å². The maximum absolute atomic E-state index is 12.7. The minimum Gasteiger partial charge on any atom is -0.508 e. The molecule has 2 aromatic rings. The van der Waals surface area contributed by atoms with Crippen LogP contribution in [0.1, 0.15) is 11.1 Å². The molecule has 0 radical (unpaired) electrons. The second kappa shape index (κ2) is 7.40. The van der Waals surface area contributed by atoms with E-state index in [0.717, 1.165) is 5.56 Å². The number of phenolic OH excluding ortho intramolecular Hbond substituents is 1. The summed E-state index contributed by atoms with van der Waals surface area (Å²) in [6.45, 7) is 6.14. The monoisotopic (exact) mass is 350 g/mol. The topological polar surface area (TPSA) is 52.9 Å². The number of rotatable bonds is 4. The minimum absolute atomic E-state index is 0.0806. The third-order valence-corrected chi connectivity index (χ3v) is 4.66. The number of aryl methyl sites for hydroxylation is 1. The van der Waals surface area contributed by atoms with Gasteiger partial charge in [-0.1, -0.05) is 35.9 Å². The van der Waals surface area contributed by atoms with Gasteiger partial charge in [-0.2, -0.15) is 0 Å². The van der Waals surface area contributed by atoms with E-state index in [9.17, 15) is 9.90 Å². The normalized spacial score (nSPS) is 17.5. The zero-order valence-electron chi connectivity index (χ0n) is 13.8. The Kier molecular flexibility index (Phi) is 5.05. The maximum Gasteiger partial charge on any atom is 0.267 e. The van der Waals surface area contributed by atoms with Gasteiger partial charge in [0.25, 0.3) is 5.91 Å². The van der Waals surface area contributed by atoms with Crippen LogP contribution in [0.25, 0.3) is 6.08 Å². The van der Waals surface area contributed by atoms with Crippen LogP contribution in [0.15, 0.2) is 71.1 Å². The van der Waals surface area contributed by atoms with Crippen molar-refractivity contribution in [2.45, 2.75) is 6.92 Å². The highest BCUT2D eigenvalue weighted by Gasteiger charge is 2.32. The number of carbonyl (C=O) groups is 1. The SMILES string of the molecule is C=CCN1C(=O)/C(=C/c2ccc(C)cc2)SC1=Nc1ccc(O)cc1. The first-order valence-corrected chi connectivity index (χ1v) is 8.65. The fourth-order valence-corrected chi connectivity index (χ4v) is 3.34. The fourth-order valence-electron chi connectivity index (χ4n) is 2.33. The molecule has 1 amide bonds. The number of carbonyl (C=O) groups excluding carboxylic acids is 1. The highest BCUT2D eigenvalue weighted by Crippen LogP contribution is 2.34.